The van der Waals surface area contributed by atoms with Gasteiger partial charge in [0.25, 0.3) is 0 Å². The molecule has 18 heavy (non-hydrogen) atoms. The van der Waals surface area contributed by atoms with E-state index >= 15 is 0 Å². The number of carbonyl (C=O) groups is 1. The van der Waals surface area contributed by atoms with E-state index in [9.17, 15) is 4.79 Å². The zero-order chi connectivity index (χ0) is 11.8. The molecule has 0 aliphatic heterocycles. The molecular weight excluding hydrogens is 406 g/mol. The number of nitrogens with zero attached hydrogens (tertiary/aromatic N) is 6. The molecule has 0 fully saturated rings. The molecule has 0 bridgehead atoms. The van der Waals surface area contributed by atoms with E-state index in [1.807, 2.05) is 0 Å². The molecule has 0 amide bonds. The minimum absolute atomic E-state index is 0. The summed E-state index contributed by atoms with van der Waals surface area (Å²) < 4.78 is 1.52. The molecule has 0 aromatic carbocycles. The van der Waals surface area contributed by atoms with Gasteiger partial charge in [-0.15, -0.1) is 0 Å². The average Bonchev–Trinajstić information content (AvgIpc) is 2.97. The Balaban J connectivity index is 0.00000120. The minimum Gasteiger partial charge on any atom is -0.425 e. The van der Waals surface area contributed by atoms with Crippen LogP contribution in [-0.2, 0) is 20.4 Å². The van der Waals surface area contributed by atoms with Gasteiger partial charge in [0.15, 0.2) is 11.6 Å². The van der Waals surface area contributed by atoms with Crippen molar-refractivity contribution in [2.75, 3.05) is 0 Å². The van der Waals surface area contributed by atoms with Crippen molar-refractivity contribution in [3.63, 3.8) is 0 Å². The first kappa shape index (κ1) is 12.5. The first-order valence-electron chi connectivity index (χ1n) is 4.92. The maximum Gasteiger partial charge on any atom is 0.179 e. The van der Waals surface area contributed by atoms with Crippen LogP contribution in [0.15, 0.2) is 24.8 Å². The third-order valence-electron chi connectivity index (χ3n) is 2.35. The van der Waals surface area contributed by atoms with Crippen molar-refractivity contribution in [3.8, 4) is 5.82 Å². The predicted octanol–water partition coefficient (Wildman–Crippen LogP) is 0.368. The predicted molar refractivity (Wildman–Crippen MR) is 57.8 cm³/mol. The normalized spacial score (nSPS) is 10.3. The fourth-order valence-corrected chi connectivity index (χ4v) is 1.53. The number of ketones is 1. The Morgan fingerprint density at radius 3 is 2.94 bits per heavy atom. The third-order valence-corrected chi connectivity index (χ3v) is 2.35. The SMILES string of the molecule is CC(=O)c1ccn(-c2ncnc3[n-]ncc23)n1.[Re]. The third kappa shape index (κ3) is 1.96. The molecular formula is C10H7N6ORe-. The quantitative estimate of drug-likeness (QED) is 0.564. The Morgan fingerprint density at radius 2 is 2.22 bits per heavy atom. The van der Waals surface area contributed by atoms with Crippen LogP contribution in [0.25, 0.3) is 16.9 Å². The van der Waals surface area contributed by atoms with E-state index in [0.717, 1.165) is 0 Å². The molecule has 3 heterocycles. The summed E-state index contributed by atoms with van der Waals surface area (Å²) in [5.74, 6) is 0.473. The van der Waals surface area contributed by atoms with E-state index in [1.54, 1.807) is 18.5 Å². The van der Waals surface area contributed by atoms with Crippen molar-refractivity contribution < 1.29 is 25.2 Å². The van der Waals surface area contributed by atoms with E-state index in [1.165, 1.54) is 17.9 Å². The van der Waals surface area contributed by atoms with Gasteiger partial charge in [0.2, 0.25) is 0 Å². The van der Waals surface area contributed by atoms with Gasteiger partial charge in [-0.2, -0.15) is 5.10 Å². The molecule has 0 spiro atoms. The fourth-order valence-electron chi connectivity index (χ4n) is 1.53. The van der Waals surface area contributed by atoms with Gasteiger partial charge < -0.3 is 10.1 Å². The Hall–Kier alpha value is -1.91. The second kappa shape index (κ2) is 4.76. The van der Waals surface area contributed by atoms with Gasteiger partial charge in [0, 0.05) is 51.5 Å². The van der Waals surface area contributed by atoms with Crippen LogP contribution in [-0.4, -0.2) is 30.6 Å². The number of hydrogen-bond donors (Lipinski definition) is 0. The van der Waals surface area contributed by atoms with Gasteiger partial charge in [-0.3, -0.25) is 9.89 Å². The van der Waals surface area contributed by atoms with E-state index in [2.05, 4.69) is 25.3 Å². The zero-order valence-corrected chi connectivity index (χ0v) is 12.0. The van der Waals surface area contributed by atoms with Gasteiger partial charge in [0.1, 0.15) is 5.69 Å². The van der Waals surface area contributed by atoms with Crippen LogP contribution in [0.5, 0.6) is 0 Å². The maximum absolute atomic E-state index is 11.2. The van der Waals surface area contributed by atoms with Crippen molar-refractivity contribution in [2.24, 2.45) is 0 Å². The molecule has 1 radical (unpaired) electrons. The summed E-state index contributed by atoms with van der Waals surface area (Å²) in [7, 11) is 0. The van der Waals surface area contributed by atoms with Gasteiger partial charge in [-0.1, -0.05) is 0 Å². The van der Waals surface area contributed by atoms with Crippen LogP contribution in [0.3, 0.4) is 0 Å². The molecule has 0 aliphatic carbocycles. The molecule has 0 aliphatic rings. The molecule has 0 saturated heterocycles. The van der Waals surface area contributed by atoms with Crippen molar-refractivity contribution in [3.05, 3.63) is 30.5 Å². The topological polar surface area (TPSA) is 87.7 Å². The van der Waals surface area contributed by atoms with Crippen molar-refractivity contribution in [1.29, 1.82) is 0 Å². The molecule has 0 saturated carbocycles. The molecule has 3 aromatic rings. The number of Topliss-reactive ketones (excluding diaryl/α,β-unsaturated/α-hetero) is 1. The van der Waals surface area contributed by atoms with E-state index in [0.29, 0.717) is 22.5 Å². The Kier molecular flexibility index (Phi) is 3.32. The van der Waals surface area contributed by atoms with Gasteiger partial charge >= 0.3 is 0 Å². The molecule has 7 nitrogen and oxygen atoms in total. The summed E-state index contributed by atoms with van der Waals surface area (Å²) in [4.78, 5) is 19.3. The largest absolute Gasteiger partial charge is 0.425 e. The van der Waals surface area contributed by atoms with Crippen LogP contribution in [0.2, 0.25) is 0 Å². The number of hydrogen-bond acceptors (Lipinski definition) is 5. The maximum atomic E-state index is 11.2. The van der Waals surface area contributed by atoms with Gasteiger partial charge in [0.05, 0.1) is 0 Å². The summed E-state index contributed by atoms with van der Waals surface area (Å²) in [6.45, 7) is 1.47. The van der Waals surface area contributed by atoms with E-state index in [-0.39, 0.29) is 26.2 Å². The van der Waals surface area contributed by atoms with E-state index < -0.39 is 0 Å². The molecule has 0 N–H and O–H groups in total. The molecule has 91 valence electrons. The van der Waals surface area contributed by atoms with Crippen LogP contribution in [0.1, 0.15) is 17.4 Å². The summed E-state index contributed by atoms with van der Waals surface area (Å²) >= 11 is 0. The van der Waals surface area contributed by atoms with Crippen molar-refractivity contribution in [1.82, 2.24) is 29.9 Å². The standard InChI is InChI=1S/C10H7N6O.Re/c1-6(17)8-2-3-16(15-8)10-7-4-13-14-9(7)11-5-12-10;/h2-5H,1H3;/q-1;. The number of aromatic nitrogens is 6. The van der Waals surface area contributed by atoms with Crippen molar-refractivity contribution in [2.45, 2.75) is 6.92 Å². The van der Waals surface area contributed by atoms with Crippen LogP contribution in [0, 0.1) is 0 Å². The van der Waals surface area contributed by atoms with Gasteiger partial charge in [-0.05, 0) is 11.7 Å². The van der Waals surface area contributed by atoms with E-state index in [4.69, 9.17) is 0 Å². The summed E-state index contributed by atoms with van der Waals surface area (Å²) in [5.41, 5.74) is 0.902. The Morgan fingerprint density at radius 1 is 1.39 bits per heavy atom. The van der Waals surface area contributed by atoms with Gasteiger partial charge in [-0.25, -0.2) is 9.67 Å². The Labute approximate surface area is 115 Å². The second-order valence-corrected chi connectivity index (χ2v) is 3.48. The molecule has 0 atom stereocenters. The van der Waals surface area contributed by atoms with Crippen molar-refractivity contribution >= 4 is 16.8 Å². The first-order chi connectivity index (χ1) is 8.25. The number of fused-ring (bicyclic) bond motifs is 1. The zero-order valence-electron chi connectivity index (χ0n) is 9.28. The summed E-state index contributed by atoms with van der Waals surface area (Å²) in [6.07, 6.45) is 4.63. The number of carbonyl (C=O) groups excluding carboxylic acids is 1. The average molecular weight is 413 g/mol. The molecule has 3 rings (SSSR count). The smallest absolute Gasteiger partial charge is 0.179 e. The molecule has 0 unspecified atom stereocenters. The first-order valence-corrected chi connectivity index (χ1v) is 4.92. The number of rotatable bonds is 2. The summed E-state index contributed by atoms with van der Waals surface area (Å²) in [5, 5.41) is 12.4. The molecule has 8 heteroatoms. The van der Waals surface area contributed by atoms with Crippen LogP contribution >= 0.6 is 0 Å². The molecule has 3 aromatic heterocycles. The Bertz CT molecular complexity index is 703. The monoisotopic (exact) mass is 414 g/mol. The minimum atomic E-state index is -0.0900. The van der Waals surface area contributed by atoms with Crippen LogP contribution < -0.4 is 5.10 Å². The fraction of sp³-hybridized carbons (Fsp3) is 0.100. The summed E-state index contributed by atoms with van der Waals surface area (Å²) in [6, 6.07) is 1.64. The van der Waals surface area contributed by atoms with Crippen LogP contribution in [0.4, 0.5) is 0 Å². The second-order valence-electron chi connectivity index (χ2n) is 3.48.